The molecule has 3 nitrogen and oxygen atoms in total. The zero-order chi connectivity index (χ0) is 17.5. The summed E-state index contributed by atoms with van der Waals surface area (Å²) < 4.78 is 37.1. The maximum atomic E-state index is 12.4. The number of urea groups is 1. The van der Waals surface area contributed by atoms with Crippen LogP contribution in [-0.2, 0) is 0 Å². The summed E-state index contributed by atoms with van der Waals surface area (Å²) in [6.45, 7) is 3.69. The summed E-state index contributed by atoms with van der Waals surface area (Å²) in [5.74, 6) is 1.46. The van der Waals surface area contributed by atoms with Crippen LogP contribution in [0.3, 0.4) is 0 Å². The van der Waals surface area contributed by atoms with Gasteiger partial charge in [-0.25, -0.2) is 4.79 Å². The quantitative estimate of drug-likeness (QED) is 0.586. The third-order valence-corrected chi connectivity index (χ3v) is 4.11. The van der Waals surface area contributed by atoms with Crippen molar-refractivity contribution in [2.24, 2.45) is 0 Å². The second-order valence-corrected chi connectivity index (χ2v) is 6.03. The van der Waals surface area contributed by atoms with E-state index in [4.69, 9.17) is 6.42 Å². The van der Waals surface area contributed by atoms with Crippen LogP contribution in [0.25, 0.3) is 0 Å². The normalized spacial score (nSPS) is 12.3. The minimum absolute atomic E-state index is 0.170. The van der Waals surface area contributed by atoms with Gasteiger partial charge in [-0.2, -0.15) is 13.2 Å². The fraction of sp³-hybridized carbons (Fsp3) is 0.438. The number of benzene rings is 1. The van der Waals surface area contributed by atoms with Crippen molar-refractivity contribution in [1.82, 2.24) is 5.32 Å². The SMILES string of the molecule is C#CC[C@@H](CC)NC(=O)Nc1cc(C)ccc1SCC(F)(F)F. The minimum Gasteiger partial charge on any atom is -0.334 e. The molecule has 1 atom stereocenters. The molecule has 2 N–H and O–H groups in total. The molecule has 1 aromatic carbocycles. The molecule has 0 saturated carbocycles. The summed E-state index contributed by atoms with van der Waals surface area (Å²) in [5.41, 5.74) is 1.19. The zero-order valence-corrected chi connectivity index (χ0v) is 13.8. The zero-order valence-electron chi connectivity index (χ0n) is 13.0. The highest BCUT2D eigenvalue weighted by Gasteiger charge is 2.27. The molecule has 0 bridgehead atoms. The van der Waals surface area contributed by atoms with Crippen LogP contribution in [0, 0.1) is 19.3 Å². The highest BCUT2D eigenvalue weighted by molar-refractivity contribution is 7.99. The van der Waals surface area contributed by atoms with E-state index >= 15 is 0 Å². The van der Waals surface area contributed by atoms with Crippen molar-refractivity contribution in [2.45, 2.75) is 43.8 Å². The fourth-order valence-electron chi connectivity index (χ4n) is 1.81. The van der Waals surface area contributed by atoms with Crippen molar-refractivity contribution < 1.29 is 18.0 Å². The van der Waals surface area contributed by atoms with Gasteiger partial charge in [0.05, 0.1) is 11.4 Å². The predicted molar refractivity (Wildman–Crippen MR) is 87.6 cm³/mol. The number of hydrogen-bond donors (Lipinski definition) is 2. The Bertz CT molecular complexity index is 582. The summed E-state index contributed by atoms with van der Waals surface area (Å²) in [6.07, 6.45) is 2.02. The Morgan fingerprint density at radius 3 is 2.70 bits per heavy atom. The maximum absolute atomic E-state index is 12.4. The Morgan fingerprint density at radius 2 is 2.13 bits per heavy atom. The van der Waals surface area contributed by atoms with E-state index in [0.29, 0.717) is 35.2 Å². The lowest BCUT2D eigenvalue weighted by molar-refractivity contribution is -0.105. The van der Waals surface area contributed by atoms with Gasteiger partial charge in [-0.15, -0.1) is 24.1 Å². The van der Waals surface area contributed by atoms with Gasteiger partial charge in [-0.05, 0) is 31.0 Å². The van der Waals surface area contributed by atoms with E-state index in [1.807, 2.05) is 6.92 Å². The van der Waals surface area contributed by atoms with Crippen molar-refractivity contribution in [3.05, 3.63) is 23.8 Å². The number of amides is 2. The summed E-state index contributed by atoms with van der Waals surface area (Å²) in [5, 5.41) is 5.32. The van der Waals surface area contributed by atoms with Crippen LogP contribution in [0.15, 0.2) is 23.1 Å². The Hall–Kier alpha value is -1.81. The number of aryl methyl sites for hydroxylation is 1. The summed E-state index contributed by atoms with van der Waals surface area (Å²) in [7, 11) is 0. The number of terminal acetylenes is 1. The fourth-order valence-corrected chi connectivity index (χ4v) is 2.56. The number of hydrogen-bond acceptors (Lipinski definition) is 2. The molecule has 0 heterocycles. The van der Waals surface area contributed by atoms with Crippen LogP contribution in [-0.4, -0.2) is 24.0 Å². The van der Waals surface area contributed by atoms with Gasteiger partial charge in [0.2, 0.25) is 0 Å². The Morgan fingerprint density at radius 1 is 1.43 bits per heavy atom. The average molecular weight is 344 g/mol. The van der Waals surface area contributed by atoms with Crippen molar-refractivity contribution in [1.29, 1.82) is 0 Å². The van der Waals surface area contributed by atoms with Gasteiger partial charge in [0.25, 0.3) is 0 Å². The van der Waals surface area contributed by atoms with Gasteiger partial charge in [0.1, 0.15) is 0 Å². The van der Waals surface area contributed by atoms with Crippen molar-refractivity contribution in [2.75, 3.05) is 11.1 Å². The molecule has 0 aromatic heterocycles. The highest BCUT2D eigenvalue weighted by atomic mass is 32.2. The number of carbonyl (C=O) groups is 1. The second kappa shape index (κ2) is 8.73. The molecule has 0 fully saturated rings. The monoisotopic (exact) mass is 344 g/mol. The van der Waals surface area contributed by atoms with Crippen LogP contribution in [0.4, 0.5) is 23.7 Å². The van der Waals surface area contributed by atoms with E-state index < -0.39 is 18.0 Å². The molecule has 23 heavy (non-hydrogen) atoms. The first-order chi connectivity index (χ1) is 10.7. The van der Waals surface area contributed by atoms with Gasteiger partial charge in [-0.1, -0.05) is 13.0 Å². The molecular formula is C16H19F3N2OS. The van der Waals surface area contributed by atoms with E-state index in [1.54, 1.807) is 25.1 Å². The third-order valence-electron chi connectivity index (χ3n) is 2.97. The van der Waals surface area contributed by atoms with Crippen LogP contribution in [0.5, 0.6) is 0 Å². The van der Waals surface area contributed by atoms with E-state index in [0.717, 1.165) is 5.56 Å². The Balaban J connectivity index is 2.79. The summed E-state index contributed by atoms with van der Waals surface area (Å²) >= 11 is 0.640. The second-order valence-electron chi connectivity index (χ2n) is 5.02. The van der Waals surface area contributed by atoms with Crippen LogP contribution in [0.1, 0.15) is 25.3 Å². The largest absolute Gasteiger partial charge is 0.398 e. The molecule has 0 spiro atoms. The van der Waals surface area contributed by atoms with Crippen LogP contribution < -0.4 is 10.6 Å². The molecule has 0 aliphatic rings. The molecule has 0 saturated heterocycles. The standard InChI is InChI=1S/C16H19F3N2OS/c1-4-6-12(5-2)20-15(22)21-13-9-11(3)7-8-14(13)23-10-16(17,18)19/h1,7-9,12H,5-6,10H2,2-3H3,(H2,20,21,22)/t12-/m1/s1. The molecule has 0 aliphatic heterocycles. The average Bonchev–Trinajstić information content (AvgIpc) is 2.45. The Labute approximate surface area is 138 Å². The first-order valence-electron chi connectivity index (χ1n) is 7.06. The minimum atomic E-state index is -4.27. The number of carbonyl (C=O) groups excluding carboxylic acids is 1. The molecule has 1 aromatic rings. The first kappa shape index (κ1) is 19.2. The lowest BCUT2D eigenvalue weighted by atomic mass is 10.1. The molecule has 0 aliphatic carbocycles. The van der Waals surface area contributed by atoms with Crippen molar-refractivity contribution in [3.8, 4) is 12.3 Å². The third kappa shape index (κ3) is 7.33. The van der Waals surface area contributed by atoms with Gasteiger partial charge in [-0.3, -0.25) is 0 Å². The van der Waals surface area contributed by atoms with Crippen molar-refractivity contribution in [3.63, 3.8) is 0 Å². The lowest BCUT2D eigenvalue weighted by Crippen LogP contribution is -2.37. The summed E-state index contributed by atoms with van der Waals surface area (Å²) in [4.78, 5) is 12.4. The molecule has 7 heteroatoms. The van der Waals surface area contributed by atoms with Gasteiger partial charge in [0, 0.05) is 17.4 Å². The first-order valence-corrected chi connectivity index (χ1v) is 8.05. The number of alkyl halides is 3. The number of rotatable bonds is 6. The number of anilines is 1. The molecule has 0 radical (unpaired) electrons. The van der Waals surface area contributed by atoms with Crippen LogP contribution in [0.2, 0.25) is 0 Å². The molecular weight excluding hydrogens is 325 g/mol. The maximum Gasteiger partial charge on any atom is 0.398 e. The van der Waals surface area contributed by atoms with Gasteiger partial charge in [0.15, 0.2) is 0 Å². The predicted octanol–water partition coefficient (Wildman–Crippen LogP) is 4.57. The van der Waals surface area contributed by atoms with Gasteiger partial charge < -0.3 is 10.6 Å². The number of halogens is 3. The van der Waals surface area contributed by atoms with Crippen molar-refractivity contribution >= 4 is 23.5 Å². The van der Waals surface area contributed by atoms with E-state index in [1.165, 1.54) is 0 Å². The molecule has 2 amide bonds. The topological polar surface area (TPSA) is 41.1 Å². The van der Waals surface area contributed by atoms with E-state index in [2.05, 4.69) is 16.6 Å². The van der Waals surface area contributed by atoms with E-state index in [-0.39, 0.29) is 6.04 Å². The van der Waals surface area contributed by atoms with Gasteiger partial charge >= 0.3 is 12.2 Å². The molecule has 126 valence electrons. The van der Waals surface area contributed by atoms with Crippen LogP contribution >= 0.6 is 11.8 Å². The molecule has 0 unspecified atom stereocenters. The molecule has 1 rings (SSSR count). The lowest BCUT2D eigenvalue weighted by Gasteiger charge is -2.17. The number of thioether (sulfide) groups is 1. The van der Waals surface area contributed by atoms with E-state index in [9.17, 15) is 18.0 Å². The summed E-state index contributed by atoms with van der Waals surface area (Å²) in [6, 6.07) is 4.26. The highest BCUT2D eigenvalue weighted by Crippen LogP contribution is 2.32. The smallest absolute Gasteiger partial charge is 0.334 e. The Kier molecular flexibility index (Phi) is 7.30. The number of nitrogens with one attached hydrogen (secondary N) is 2.